The van der Waals surface area contributed by atoms with Gasteiger partial charge < -0.3 is 15.4 Å². The summed E-state index contributed by atoms with van der Waals surface area (Å²) >= 11 is 0. The minimum absolute atomic E-state index is 0.0426. The Kier molecular flexibility index (Phi) is 7.21. The van der Waals surface area contributed by atoms with Gasteiger partial charge in [-0.3, -0.25) is 9.59 Å². The fourth-order valence-electron chi connectivity index (χ4n) is 2.35. The van der Waals surface area contributed by atoms with E-state index in [1.165, 1.54) is 0 Å². The number of para-hydroxylation sites is 1. The Morgan fingerprint density at radius 2 is 1.88 bits per heavy atom. The van der Waals surface area contributed by atoms with Gasteiger partial charge in [-0.1, -0.05) is 37.3 Å². The van der Waals surface area contributed by atoms with Crippen LogP contribution in [0.5, 0.6) is 5.75 Å². The zero-order valence-corrected chi connectivity index (χ0v) is 15.5. The molecule has 0 saturated carbocycles. The highest BCUT2D eigenvalue weighted by Crippen LogP contribution is 2.15. The highest BCUT2D eigenvalue weighted by atomic mass is 16.5. The first-order valence-electron chi connectivity index (χ1n) is 8.84. The molecule has 2 amide bonds. The molecule has 0 bridgehead atoms. The van der Waals surface area contributed by atoms with Crippen LogP contribution in [0.1, 0.15) is 41.8 Å². The number of ether oxygens (including phenoxy) is 1. The average Bonchev–Trinajstić information content (AvgIpc) is 2.65. The molecular weight excluding hydrogens is 328 g/mol. The molecule has 2 aromatic carbocycles. The predicted molar refractivity (Wildman–Crippen MR) is 102 cm³/mol. The second-order valence-corrected chi connectivity index (χ2v) is 6.31. The van der Waals surface area contributed by atoms with Gasteiger partial charge in [0.1, 0.15) is 5.75 Å². The third kappa shape index (κ3) is 5.92. The molecule has 0 fully saturated rings. The molecule has 2 aromatic rings. The van der Waals surface area contributed by atoms with Crippen molar-refractivity contribution >= 4 is 11.8 Å². The van der Waals surface area contributed by atoms with Gasteiger partial charge in [-0.15, -0.1) is 0 Å². The van der Waals surface area contributed by atoms with Crippen molar-refractivity contribution in [3.63, 3.8) is 0 Å². The topological polar surface area (TPSA) is 67.4 Å². The summed E-state index contributed by atoms with van der Waals surface area (Å²) < 4.78 is 5.53. The molecule has 1 atom stereocenters. The molecule has 26 heavy (non-hydrogen) atoms. The van der Waals surface area contributed by atoms with Gasteiger partial charge in [0, 0.05) is 18.2 Å². The van der Waals surface area contributed by atoms with Gasteiger partial charge >= 0.3 is 0 Å². The van der Waals surface area contributed by atoms with Crippen molar-refractivity contribution in [2.24, 2.45) is 0 Å². The van der Waals surface area contributed by atoms with E-state index >= 15 is 0 Å². The molecule has 0 saturated heterocycles. The van der Waals surface area contributed by atoms with Crippen molar-refractivity contribution in [1.82, 2.24) is 10.6 Å². The first-order valence-corrected chi connectivity index (χ1v) is 8.84. The SMILES string of the molecule is CCC(C)NC(=O)c1cccc(CNC(=O)COc2ccccc2C)c1. The Balaban J connectivity index is 1.85. The van der Waals surface area contributed by atoms with Gasteiger partial charge in [0.2, 0.25) is 0 Å². The number of carbonyl (C=O) groups is 2. The van der Waals surface area contributed by atoms with E-state index in [-0.39, 0.29) is 24.5 Å². The first-order chi connectivity index (χ1) is 12.5. The number of hydrogen-bond donors (Lipinski definition) is 2. The molecule has 0 spiro atoms. The summed E-state index contributed by atoms with van der Waals surface area (Å²) in [5.41, 5.74) is 2.44. The van der Waals surface area contributed by atoms with E-state index in [1.54, 1.807) is 12.1 Å². The second-order valence-electron chi connectivity index (χ2n) is 6.31. The molecule has 0 aliphatic rings. The van der Waals surface area contributed by atoms with Gasteiger partial charge in [-0.2, -0.15) is 0 Å². The maximum Gasteiger partial charge on any atom is 0.258 e. The van der Waals surface area contributed by atoms with Crippen LogP contribution in [0.25, 0.3) is 0 Å². The highest BCUT2D eigenvalue weighted by molar-refractivity contribution is 5.94. The third-order valence-corrected chi connectivity index (χ3v) is 4.12. The van der Waals surface area contributed by atoms with Crippen molar-refractivity contribution in [1.29, 1.82) is 0 Å². The highest BCUT2D eigenvalue weighted by Gasteiger charge is 2.10. The largest absolute Gasteiger partial charge is 0.484 e. The van der Waals surface area contributed by atoms with E-state index < -0.39 is 0 Å². The van der Waals surface area contributed by atoms with Crippen LogP contribution < -0.4 is 15.4 Å². The molecule has 5 nitrogen and oxygen atoms in total. The Bertz CT molecular complexity index is 758. The molecule has 0 radical (unpaired) electrons. The number of benzene rings is 2. The number of nitrogens with one attached hydrogen (secondary N) is 2. The van der Waals surface area contributed by atoms with E-state index in [0.717, 1.165) is 17.5 Å². The molecule has 2 N–H and O–H groups in total. The molecule has 138 valence electrons. The molecule has 0 aliphatic heterocycles. The van der Waals surface area contributed by atoms with Crippen molar-refractivity contribution < 1.29 is 14.3 Å². The summed E-state index contributed by atoms with van der Waals surface area (Å²) in [7, 11) is 0. The van der Waals surface area contributed by atoms with E-state index in [0.29, 0.717) is 17.9 Å². The minimum atomic E-state index is -0.206. The van der Waals surface area contributed by atoms with Gasteiger partial charge in [0.15, 0.2) is 6.61 Å². The lowest BCUT2D eigenvalue weighted by molar-refractivity contribution is -0.123. The van der Waals surface area contributed by atoms with E-state index in [1.807, 2.05) is 57.2 Å². The molecule has 0 heterocycles. The second kappa shape index (κ2) is 9.61. The number of amides is 2. The zero-order chi connectivity index (χ0) is 18.9. The van der Waals surface area contributed by atoms with Gasteiger partial charge in [0.05, 0.1) is 0 Å². The maximum atomic E-state index is 12.2. The van der Waals surface area contributed by atoms with E-state index in [4.69, 9.17) is 4.74 Å². The van der Waals surface area contributed by atoms with Crippen LogP contribution in [0.2, 0.25) is 0 Å². The maximum absolute atomic E-state index is 12.2. The lowest BCUT2D eigenvalue weighted by Gasteiger charge is -2.12. The Hall–Kier alpha value is -2.82. The van der Waals surface area contributed by atoms with Gasteiger partial charge in [0.25, 0.3) is 11.8 Å². The molecule has 0 aromatic heterocycles. The fraction of sp³-hybridized carbons (Fsp3) is 0.333. The Labute approximate surface area is 154 Å². The Morgan fingerprint density at radius 3 is 2.62 bits per heavy atom. The standard InChI is InChI=1S/C21H26N2O3/c1-4-16(3)23-21(25)18-10-7-9-17(12-18)13-22-20(24)14-26-19-11-6-5-8-15(19)2/h5-12,16H,4,13-14H2,1-3H3,(H,22,24)(H,23,25). The minimum Gasteiger partial charge on any atom is -0.484 e. The van der Waals surface area contributed by atoms with Gasteiger partial charge in [-0.05, 0) is 49.6 Å². The third-order valence-electron chi connectivity index (χ3n) is 4.12. The van der Waals surface area contributed by atoms with Crippen LogP contribution in [0.15, 0.2) is 48.5 Å². The van der Waals surface area contributed by atoms with Crippen LogP contribution in [-0.4, -0.2) is 24.5 Å². The number of hydrogen-bond acceptors (Lipinski definition) is 3. The first kappa shape index (κ1) is 19.5. The van der Waals surface area contributed by atoms with Crippen molar-refractivity contribution in [2.75, 3.05) is 6.61 Å². The predicted octanol–water partition coefficient (Wildman–Crippen LogP) is 3.22. The normalized spacial score (nSPS) is 11.5. The quantitative estimate of drug-likeness (QED) is 0.765. The Morgan fingerprint density at radius 1 is 1.12 bits per heavy atom. The fourth-order valence-corrected chi connectivity index (χ4v) is 2.35. The summed E-state index contributed by atoms with van der Waals surface area (Å²) in [6.07, 6.45) is 0.877. The monoisotopic (exact) mass is 354 g/mol. The van der Waals surface area contributed by atoms with Crippen LogP contribution in [0.4, 0.5) is 0 Å². The van der Waals surface area contributed by atoms with Crippen LogP contribution in [-0.2, 0) is 11.3 Å². The summed E-state index contributed by atoms with van der Waals surface area (Å²) in [4.78, 5) is 24.2. The molecule has 1 unspecified atom stereocenters. The number of rotatable bonds is 8. The summed E-state index contributed by atoms with van der Waals surface area (Å²) in [6.45, 7) is 6.23. The summed E-state index contributed by atoms with van der Waals surface area (Å²) in [5, 5.41) is 5.75. The molecule has 2 rings (SSSR count). The molecular formula is C21H26N2O3. The lowest BCUT2D eigenvalue weighted by atomic mass is 10.1. The summed E-state index contributed by atoms with van der Waals surface area (Å²) in [6, 6.07) is 14.9. The molecule has 5 heteroatoms. The van der Waals surface area contributed by atoms with Crippen LogP contribution in [0, 0.1) is 6.92 Å². The van der Waals surface area contributed by atoms with E-state index in [2.05, 4.69) is 10.6 Å². The zero-order valence-electron chi connectivity index (χ0n) is 15.5. The van der Waals surface area contributed by atoms with Crippen LogP contribution in [0.3, 0.4) is 0 Å². The van der Waals surface area contributed by atoms with Crippen molar-refractivity contribution in [3.8, 4) is 5.75 Å². The average molecular weight is 354 g/mol. The van der Waals surface area contributed by atoms with Crippen molar-refractivity contribution in [2.45, 2.75) is 39.8 Å². The number of aryl methyl sites for hydroxylation is 1. The van der Waals surface area contributed by atoms with Crippen LogP contribution >= 0.6 is 0 Å². The lowest BCUT2D eigenvalue weighted by Crippen LogP contribution is -2.32. The smallest absolute Gasteiger partial charge is 0.258 e. The molecule has 0 aliphatic carbocycles. The van der Waals surface area contributed by atoms with E-state index in [9.17, 15) is 9.59 Å². The van der Waals surface area contributed by atoms with Gasteiger partial charge in [-0.25, -0.2) is 0 Å². The summed E-state index contributed by atoms with van der Waals surface area (Å²) in [5.74, 6) is 0.393. The number of carbonyl (C=O) groups excluding carboxylic acids is 2. The van der Waals surface area contributed by atoms with Crippen molar-refractivity contribution in [3.05, 3.63) is 65.2 Å².